The van der Waals surface area contributed by atoms with Crippen molar-refractivity contribution >= 4 is 11.9 Å². The van der Waals surface area contributed by atoms with Crippen LogP contribution < -0.4 is 5.32 Å². The topological polar surface area (TPSA) is 75.6 Å². The molecule has 0 aliphatic carbocycles. The quantitative estimate of drug-likeness (QED) is 0.798. The molecule has 0 bridgehead atoms. The summed E-state index contributed by atoms with van der Waals surface area (Å²) in [6, 6.07) is 0. The van der Waals surface area contributed by atoms with Crippen LogP contribution in [0.2, 0.25) is 0 Å². The maximum atomic E-state index is 11.8. The first-order valence-corrected chi connectivity index (χ1v) is 6.37. The van der Waals surface area contributed by atoms with Crippen molar-refractivity contribution in [1.29, 1.82) is 0 Å². The van der Waals surface area contributed by atoms with Gasteiger partial charge in [-0.1, -0.05) is 27.7 Å². The van der Waals surface area contributed by atoms with Crippen LogP contribution in [0.1, 0.15) is 40.5 Å². The zero-order valence-electron chi connectivity index (χ0n) is 11.5. The minimum atomic E-state index is -0.992. The summed E-state index contributed by atoms with van der Waals surface area (Å²) in [7, 11) is 0. The van der Waals surface area contributed by atoms with Crippen LogP contribution in [-0.4, -0.2) is 35.7 Å². The Morgan fingerprint density at radius 3 is 2.33 bits per heavy atom. The van der Waals surface area contributed by atoms with Crippen LogP contribution in [0.15, 0.2) is 0 Å². The van der Waals surface area contributed by atoms with E-state index < -0.39 is 18.2 Å². The van der Waals surface area contributed by atoms with E-state index in [4.69, 9.17) is 9.84 Å². The molecule has 1 aliphatic heterocycles. The molecule has 104 valence electrons. The van der Waals surface area contributed by atoms with Gasteiger partial charge in [-0.2, -0.15) is 0 Å². The molecule has 1 amide bonds. The molecule has 0 aromatic carbocycles. The fourth-order valence-corrected chi connectivity index (χ4v) is 1.69. The molecule has 1 rings (SSSR count). The second kappa shape index (κ2) is 5.69. The Balaban J connectivity index is 2.37. The molecule has 5 nitrogen and oxygen atoms in total. The summed E-state index contributed by atoms with van der Waals surface area (Å²) in [4.78, 5) is 22.5. The first-order chi connectivity index (χ1) is 8.21. The Hall–Kier alpha value is -1.10. The van der Waals surface area contributed by atoms with Crippen LogP contribution in [0.5, 0.6) is 0 Å². The number of carboxylic acids is 1. The molecule has 3 unspecified atom stereocenters. The molecule has 1 aliphatic rings. The summed E-state index contributed by atoms with van der Waals surface area (Å²) in [6.45, 7) is 9.03. The lowest BCUT2D eigenvalue weighted by Gasteiger charge is -2.27. The molecule has 0 spiro atoms. The lowest BCUT2D eigenvalue weighted by molar-refractivity contribution is -0.151. The second-order valence-electron chi connectivity index (χ2n) is 6.04. The molecule has 1 saturated heterocycles. The molecule has 0 aromatic rings. The van der Waals surface area contributed by atoms with Crippen LogP contribution >= 0.6 is 0 Å². The Kier molecular flexibility index (Phi) is 4.73. The molecule has 0 radical (unpaired) electrons. The lowest BCUT2D eigenvalue weighted by atomic mass is 9.82. The highest BCUT2D eigenvalue weighted by atomic mass is 16.5. The van der Waals surface area contributed by atoms with Gasteiger partial charge < -0.3 is 15.2 Å². The van der Waals surface area contributed by atoms with Gasteiger partial charge in [0.15, 0.2) is 6.10 Å². The van der Waals surface area contributed by atoms with Gasteiger partial charge in [0.2, 0.25) is 5.91 Å². The van der Waals surface area contributed by atoms with Crippen LogP contribution in [0.3, 0.4) is 0 Å². The lowest BCUT2D eigenvalue weighted by Crippen LogP contribution is -2.40. The molecule has 18 heavy (non-hydrogen) atoms. The first kappa shape index (κ1) is 15.0. The van der Waals surface area contributed by atoms with E-state index >= 15 is 0 Å². The van der Waals surface area contributed by atoms with E-state index in [1.54, 1.807) is 0 Å². The van der Waals surface area contributed by atoms with E-state index in [2.05, 4.69) is 33.0 Å². The Morgan fingerprint density at radius 2 is 1.89 bits per heavy atom. The van der Waals surface area contributed by atoms with E-state index in [-0.39, 0.29) is 11.3 Å². The predicted octanol–water partition coefficient (Wildman–Crippen LogP) is 1.42. The number of aliphatic carboxylic acids is 1. The summed E-state index contributed by atoms with van der Waals surface area (Å²) in [5, 5.41) is 11.6. The van der Waals surface area contributed by atoms with Crippen molar-refractivity contribution in [3.8, 4) is 0 Å². The number of carboxylic acid groups (broad SMARTS) is 1. The van der Waals surface area contributed by atoms with Gasteiger partial charge in [0.25, 0.3) is 0 Å². The van der Waals surface area contributed by atoms with Gasteiger partial charge in [-0.3, -0.25) is 4.79 Å². The van der Waals surface area contributed by atoms with Gasteiger partial charge in [-0.25, -0.2) is 4.79 Å². The number of hydrogen-bond acceptors (Lipinski definition) is 3. The molecule has 0 saturated carbocycles. The van der Waals surface area contributed by atoms with Gasteiger partial charge in [-0.05, 0) is 24.2 Å². The molecule has 1 fully saturated rings. The van der Waals surface area contributed by atoms with Gasteiger partial charge in [0, 0.05) is 6.54 Å². The zero-order chi connectivity index (χ0) is 13.9. The van der Waals surface area contributed by atoms with Gasteiger partial charge in [0.05, 0.1) is 0 Å². The van der Waals surface area contributed by atoms with Crippen molar-refractivity contribution in [3.63, 3.8) is 0 Å². The van der Waals surface area contributed by atoms with Crippen molar-refractivity contribution in [2.75, 3.05) is 6.54 Å². The standard InChI is InChI=1S/C13H23NO4/c1-8(13(2,3)4)7-14-11(15)9-5-6-10(18-9)12(16)17/h8-10H,5-7H2,1-4H3,(H,14,15)(H,16,17). The molecule has 2 N–H and O–H groups in total. The highest BCUT2D eigenvalue weighted by Crippen LogP contribution is 2.25. The first-order valence-electron chi connectivity index (χ1n) is 6.37. The number of amides is 1. The van der Waals surface area contributed by atoms with Crippen molar-refractivity contribution in [2.45, 2.75) is 52.7 Å². The molecule has 5 heteroatoms. The Morgan fingerprint density at radius 1 is 1.33 bits per heavy atom. The molecular weight excluding hydrogens is 234 g/mol. The molecular formula is C13H23NO4. The maximum absolute atomic E-state index is 11.8. The average molecular weight is 257 g/mol. The SMILES string of the molecule is CC(CNC(=O)C1CCC(C(=O)O)O1)C(C)(C)C. The van der Waals surface area contributed by atoms with Crippen LogP contribution in [0.25, 0.3) is 0 Å². The third kappa shape index (κ3) is 3.98. The summed E-state index contributed by atoms with van der Waals surface area (Å²) >= 11 is 0. The number of carbonyl (C=O) groups is 2. The fraction of sp³-hybridized carbons (Fsp3) is 0.846. The minimum Gasteiger partial charge on any atom is -0.479 e. The number of carbonyl (C=O) groups excluding carboxylic acids is 1. The van der Waals surface area contributed by atoms with Crippen molar-refractivity contribution in [2.24, 2.45) is 11.3 Å². The monoisotopic (exact) mass is 257 g/mol. The summed E-state index contributed by atoms with van der Waals surface area (Å²) in [5.74, 6) is -0.846. The van der Waals surface area contributed by atoms with E-state index in [9.17, 15) is 9.59 Å². The number of nitrogens with one attached hydrogen (secondary N) is 1. The largest absolute Gasteiger partial charge is 0.479 e. The smallest absolute Gasteiger partial charge is 0.332 e. The molecule has 0 aromatic heterocycles. The predicted molar refractivity (Wildman–Crippen MR) is 67.2 cm³/mol. The van der Waals surface area contributed by atoms with Crippen LogP contribution in [0.4, 0.5) is 0 Å². The van der Waals surface area contributed by atoms with Crippen LogP contribution in [-0.2, 0) is 14.3 Å². The third-order valence-electron chi connectivity index (χ3n) is 3.65. The summed E-state index contributed by atoms with van der Waals surface area (Å²) in [6.07, 6.45) is -0.561. The van der Waals surface area contributed by atoms with E-state index in [1.807, 2.05) is 0 Å². The third-order valence-corrected chi connectivity index (χ3v) is 3.65. The van der Waals surface area contributed by atoms with E-state index in [0.29, 0.717) is 25.3 Å². The molecule has 3 atom stereocenters. The summed E-state index contributed by atoms with van der Waals surface area (Å²) < 4.78 is 5.19. The number of rotatable bonds is 4. The minimum absolute atomic E-state index is 0.132. The Labute approximate surface area is 108 Å². The Bertz CT molecular complexity index is 321. The van der Waals surface area contributed by atoms with E-state index in [0.717, 1.165) is 0 Å². The zero-order valence-corrected chi connectivity index (χ0v) is 11.5. The van der Waals surface area contributed by atoms with Crippen molar-refractivity contribution < 1.29 is 19.4 Å². The fourth-order valence-electron chi connectivity index (χ4n) is 1.69. The van der Waals surface area contributed by atoms with Gasteiger partial charge >= 0.3 is 5.97 Å². The second-order valence-corrected chi connectivity index (χ2v) is 6.04. The van der Waals surface area contributed by atoms with Crippen molar-refractivity contribution in [1.82, 2.24) is 5.32 Å². The average Bonchev–Trinajstić information content (AvgIpc) is 2.73. The van der Waals surface area contributed by atoms with Gasteiger partial charge in [-0.15, -0.1) is 0 Å². The highest BCUT2D eigenvalue weighted by Gasteiger charge is 2.34. The maximum Gasteiger partial charge on any atom is 0.332 e. The van der Waals surface area contributed by atoms with Crippen LogP contribution in [0, 0.1) is 11.3 Å². The molecule has 1 heterocycles. The van der Waals surface area contributed by atoms with Crippen molar-refractivity contribution in [3.05, 3.63) is 0 Å². The normalized spacial score (nSPS) is 25.8. The van der Waals surface area contributed by atoms with Gasteiger partial charge in [0.1, 0.15) is 6.10 Å². The summed E-state index contributed by atoms with van der Waals surface area (Å²) in [5.41, 5.74) is 0.132. The highest BCUT2D eigenvalue weighted by molar-refractivity contribution is 5.82. The number of ether oxygens (including phenoxy) is 1. The number of hydrogen-bond donors (Lipinski definition) is 2. The van der Waals surface area contributed by atoms with E-state index in [1.165, 1.54) is 0 Å².